The van der Waals surface area contributed by atoms with Gasteiger partial charge in [0.15, 0.2) is 0 Å². The third kappa shape index (κ3) is 2.97. The molecule has 0 saturated heterocycles. The molecule has 1 heterocycles. The summed E-state index contributed by atoms with van der Waals surface area (Å²) in [6.07, 6.45) is 8.36. The molecule has 3 heteroatoms. The van der Waals surface area contributed by atoms with Crippen LogP contribution in [-0.4, -0.2) is 18.5 Å². The topological polar surface area (TPSA) is 41.1 Å². The van der Waals surface area contributed by atoms with Crippen LogP contribution in [0.4, 0.5) is 5.69 Å². The molecule has 0 radical (unpaired) electrons. The lowest BCUT2D eigenvalue weighted by molar-refractivity contribution is -0.123. The van der Waals surface area contributed by atoms with E-state index in [-0.39, 0.29) is 11.8 Å². The first-order valence-corrected chi connectivity index (χ1v) is 7.98. The van der Waals surface area contributed by atoms with Gasteiger partial charge < -0.3 is 10.6 Å². The molecule has 1 unspecified atom stereocenters. The van der Waals surface area contributed by atoms with E-state index in [1.165, 1.54) is 25.7 Å². The second kappa shape index (κ2) is 6.29. The average Bonchev–Trinajstić information content (AvgIpc) is 2.75. The van der Waals surface area contributed by atoms with Crippen LogP contribution >= 0.6 is 0 Å². The van der Waals surface area contributed by atoms with Gasteiger partial charge in [-0.2, -0.15) is 0 Å². The van der Waals surface area contributed by atoms with Crippen LogP contribution in [0.15, 0.2) is 24.3 Å². The van der Waals surface area contributed by atoms with Crippen molar-refractivity contribution in [2.24, 2.45) is 0 Å². The quantitative estimate of drug-likeness (QED) is 0.810. The SMILES string of the molecule is O=C(NC1CCCCCC1)C1CCNc2ccccc21. The molecule has 0 aromatic heterocycles. The number of rotatable bonds is 2. The molecule has 2 aliphatic rings. The molecule has 1 aliphatic carbocycles. The van der Waals surface area contributed by atoms with E-state index in [0.29, 0.717) is 6.04 Å². The third-order valence-electron chi connectivity index (χ3n) is 4.60. The van der Waals surface area contributed by atoms with Crippen molar-refractivity contribution in [1.29, 1.82) is 0 Å². The zero-order valence-corrected chi connectivity index (χ0v) is 12.0. The minimum absolute atomic E-state index is 0.0238. The molecule has 108 valence electrons. The van der Waals surface area contributed by atoms with Crippen molar-refractivity contribution in [3.05, 3.63) is 29.8 Å². The van der Waals surface area contributed by atoms with Crippen molar-refractivity contribution in [1.82, 2.24) is 5.32 Å². The summed E-state index contributed by atoms with van der Waals surface area (Å²) >= 11 is 0. The van der Waals surface area contributed by atoms with Gasteiger partial charge in [0.2, 0.25) is 5.91 Å². The Morgan fingerprint density at radius 1 is 1.05 bits per heavy atom. The van der Waals surface area contributed by atoms with Crippen molar-refractivity contribution >= 4 is 11.6 Å². The van der Waals surface area contributed by atoms with Crippen LogP contribution in [0.3, 0.4) is 0 Å². The number of benzene rings is 1. The molecule has 2 N–H and O–H groups in total. The van der Waals surface area contributed by atoms with E-state index in [2.05, 4.69) is 22.8 Å². The Balaban J connectivity index is 1.68. The van der Waals surface area contributed by atoms with Crippen molar-refractivity contribution < 1.29 is 4.79 Å². The van der Waals surface area contributed by atoms with E-state index in [1.54, 1.807) is 0 Å². The smallest absolute Gasteiger partial charge is 0.227 e. The van der Waals surface area contributed by atoms with Crippen LogP contribution in [0.2, 0.25) is 0 Å². The van der Waals surface area contributed by atoms with Crippen LogP contribution in [0.25, 0.3) is 0 Å². The highest BCUT2D eigenvalue weighted by Crippen LogP contribution is 2.31. The molecule has 20 heavy (non-hydrogen) atoms. The molecule has 1 fully saturated rings. The second-order valence-corrected chi connectivity index (χ2v) is 6.05. The van der Waals surface area contributed by atoms with Gasteiger partial charge in [0, 0.05) is 18.3 Å². The molecule has 1 saturated carbocycles. The fraction of sp³-hybridized carbons (Fsp3) is 0.588. The Labute approximate surface area is 121 Å². The van der Waals surface area contributed by atoms with E-state index in [1.807, 2.05) is 12.1 Å². The lowest BCUT2D eigenvalue weighted by Gasteiger charge is -2.27. The van der Waals surface area contributed by atoms with Crippen LogP contribution in [0, 0.1) is 0 Å². The molecular formula is C17H24N2O. The Hall–Kier alpha value is -1.51. The Bertz CT molecular complexity index is 464. The van der Waals surface area contributed by atoms with E-state index in [0.717, 1.165) is 37.1 Å². The van der Waals surface area contributed by atoms with Crippen molar-refractivity contribution in [2.75, 3.05) is 11.9 Å². The fourth-order valence-corrected chi connectivity index (χ4v) is 3.47. The molecule has 1 aromatic rings. The lowest BCUT2D eigenvalue weighted by atomic mass is 9.90. The predicted molar refractivity (Wildman–Crippen MR) is 81.9 cm³/mol. The zero-order valence-electron chi connectivity index (χ0n) is 12.0. The van der Waals surface area contributed by atoms with Gasteiger partial charge in [-0.15, -0.1) is 0 Å². The first-order chi connectivity index (χ1) is 9.84. The van der Waals surface area contributed by atoms with E-state index >= 15 is 0 Å². The molecule has 1 aromatic carbocycles. The Morgan fingerprint density at radius 3 is 2.60 bits per heavy atom. The van der Waals surface area contributed by atoms with Gasteiger partial charge in [-0.3, -0.25) is 4.79 Å². The maximum atomic E-state index is 12.6. The van der Waals surface area contributed by atoms with Gasteiger partial charge in [-0.25, -0.2) is 0 Å². The number of para-hydroxylation sites is 1. The number of amides is 1. The summed E-state index contributed by atoms with van der Waals surface area (Å²) in [6.45, 7) is 0.889. The van der Waals surface area contributed by atoms with Crippen LogP contribution in [-0.2, 0) is 4.79 Å². The summed E-state index contributed by atoms with van der Waals surface area (Å²) < 4.78 is 0. The van der Waals surface area contributed by atoms with E-state index in [4.69, 9.17) is 0 Å². The first-order valence-electron chi connectivity index (χ1n) is 7.98. The van der Waals surface area contributed by atoms with Crippen molar-refractivity contribution in [3.63, 3.8) is 0 Å². The number of nitrogens with one attached hydrogen (secondary N) is 2. The number of hydrogen-bond donors (Lipinski definition) is 2. The van der Waals surface area contributed by atoms with Crippen LogP contribution in [0.1, 0.15) is 56.4 Å². The maximum Gasteiger partial charge on any atom is 0.227 e. The molecule has 1 aliphatic heterocycles. The maximum absolute atomic E-state index is 12.6. The van der Waals surface area contributed by atoms with E-state index in [9.17, 15) is 4.79 Å². The third-order valence-corrected chi connectivity index (χ3v) is 4.60. The molecule has 0 bridgehead atoms. The molecule has 1 atom stereocenters. The van der Waals surface area contributed by atoms with Gasteiger partial charge in [0.05, 0.1) is 5.92 Å². The van der Waals surface area contributed by atoms with Gasteiger partial charge in [-0.05, 0) is 30.9 Å². The molecule has 0 spiro atoms. The summed E-state index contributed by atoms with van der Waals surface area (Å²) in [7, 11) is 0. The molecule has 3 rings (SSSR count). The summed E-state index contributed by atoms with van der Waals surface area (Å²) in [6, 6.07) is 8.60. The highest BCUT2D eigenvalue weighted by atomic mass is 16.1. The van der Waals surface area contributed by atoms with Crippen LogP contribution < -0.4 is 10.6 Å². The minimum atomic E-state index is 0.0238. The van der Waals surface area contributed by atoms with Gasteiger partial charge in [0.1, 0.15) is 0 Å². The number of carbonyl (C=O) groups excluding carboxylic acids is 1. The standard InChI is InChI=1S/C17H24N2O/c20-17(19-13-7-3-1-2-4-8-13)15-11-12-18-16-10-6-5-9-14(15)16/h5-6,9-10,13,15,18H,1-4,7-8,11-12H2,(H,19,20). The highest BCUT2D eigenvalue weighted by molar-refractivity contribution is 5.86. The number of fused-ring (bicyclic) bond motifs is 1. The number of carbonyl (C=O) groups is 1. The highest BCUT2D eigenvalue weighted by Gasteiger charge is 2.27. The monoisotopic (exact) mass is 272 g/mol. The largest absolute Gasteiger partial charge is 0.385 e. The van der Waals surface area contributed by atoms with Gasteiger partial charge in [-0.1, -0.05) is 43.9 Å². The van der Waals surface area contributed by atoms with Crippen molar-refractivity contribution in [3.8, 4) is 0 Å². The average molecular weight is 272 g/mol. The van der Waals surface area contributed by atoms with Crippen molar-refractivity contribution in [2.45, 2.75) is 56.9 Å². The van der Waals surface area contributed by atoms with Crippen LogP contribution in [0.5, 0.6) is 0 Å². The lowest BCUT2D eigenvalue weighted by Crippen LogP contribution is -2.39. The molecule has 3 nitrogen and oxygen atoms in total. The Morgan fingerprint density at radius 2 is 1.80 bits per heavy atom. The number of anilines is 1. The van der Waals surface area contributed by atoms with Gasteiger partial charge in [0.25, 0.3) is 0 Å². The summed E-state index contributed by atoms with van der Waals surface area (Å²) in [5.41, 5.74) is 2.28. The normalized spacial score (nSPS) is 23.3. The summed E-state index contributed by atoms with van der Waals surface area (Å²) in [5.74, 6) is 0.251. The fourth-order valence-electron chi connectivity index (χ4n) is 3.47. The summed E-state index contributed by atoms with van der Waals surface area (Å²) in [5, 5.41) is 6.68. The zero-order chi connectivity index (χ0) is 13.8. The molecular weight excluding hydrogens is 248 g/mol. The van der Waals surface area contributed by atoms with E-state index < -0.39 is 0 Å². The number of hydrogen-bond acceptors (Lipinski definition) is 2. The molecule has 1 amide bonds. The summed E-state index contributed by atoms with van der Waals surface area (Å²) in [4.78, 5) is 12.6. The van der Waals surface area contributed by atoms with Gasteiger partial charge >= 0.3 is 0 Å². The predicted octanol–water partition coefficient (Wildman–Crippen LogP) is 3.42. The minimum Gasteiger partial charge on any atom is -0.385 e. The first kappa shape index (κ1) is 13.5. The Kier molecular flexibility index (Phi) is 4.24. The second-order valence-electron chi connectivity index (χ2n) is 6.05.